The molecule has 1 aromatic heterocycles. The summed E-state index contributed by atoms with van der Waals surface area (Å²) in [6, 6.07) is 5.94. The molecule has 0 amide bonds. The van der Waals surface area contributed by atoms with E-state index >= 15 is 0 Å². The Morgan fingerprint density at radius 3 is 2.92 bits per heavy atom. The Morgan fingerprint density at radius 2 is 2.15 bits per heavy atom. The van der Waals surface area contributed by atoms with Gasteiger partial charge < -0.3 is 4.57 Å². The van der Waals surface area contributed by atoms with Crippen molar-refractivity contribution in [2.45, 2.75) is 6.92 Å². The number of aryl methyl sites for hydroxylation is 2. The normalized spacial score (nSPS) is 10.6. The van der Waals surface area contributed by atoms with E-state index in [1.54, 1.807) is 10.9 Å². The van der Waals surface area contributed by atoms with Gasteiger partial charge in [-0.1, -0.05) is 6.07 Å². The Balaban J connectivity index is 2.95. The molecule has 1 aromatic carbocycles. The molecule has 0 aliphatic carbocycles. The summed E-state index contributed by atoms with van der Waals surface area (Å²) in [5.41, 5.74) is 2.57. The Hall–Kier alpha value is -1.64. The van der Waals surface area contributed by atoms with Crippen molar-refractivity contribution in [3.63, 3.8) is 0 Å². The molecule has 0 saturated carbocycles. The Labute approximate surface area is 76.2 Å². The molecule has 2 aromatic rings. The number of nitrogens with zero attached hydrogens (tertiary/aromatic N) is 2. The Bertz CT molecular complexity index is 511. The standard InChI is InChI=1S/C10H11N3/c1-7-3-4-8-9(5-7)12-6-13(2)10(8)11/h3-6,11H,1-2H3. The monoisotopic (exact) mass is 173 g/mol. The maximum absolute atomic E-state index is 7.78. The highest BCUT2D eigenvalue weighted by Gasteiger charge is 1.97. The second kappa shape index (κ2) is 2.69. The summed E-state index contributed by atoms with van der Waals surface area (Å²) in [5.74, 6) is 0. The maximum Gasteiger partial charge on any atom is 0.135 e. The number of nitrogens with one attached hydrogen (secondary N) is 1. The van der Waals surface area contributed by atoms with Gasteiger partial charge in [-0.25, -0.2) is 4.98 Å². The highest BCUT2D eigenvalue weighted by Crippen LogP contribution is 2.07. The summed E-state index contributed by atoms with van der Waals surface area (Å²) in [7, 11) is 1.83. The van der Waals surface area contributed by atoms with Crippen LogP contribution in [0.15, 0.2) is 24.5 Å². The molecule has 0 spiro atoms. The quantitative estimate of drug-likeness (QED) is 0.642. The van der Waals surface area contributed by atoms with E-state index in [-0.39, 0.29) is 0 Å². The van der Waals surface area contributed by atoms with Crippen LogP contribution < -0.4 is 5.49 Å². The highest BCUT2D eigenvalue weighted by molar-refractivity contribution is 5.77. The third-order valence-electron chi connectivity index (χ3n) is 2.13. The topological polar surface area (TPSA) is 41.7 Å². The van der Waals surface area contributed by atoms with Gasteiger partial charge in [0.1, 0.15) is 5.49 Å². The van der Waals surface area contributed by atoms with E-state index < -0.39 is 0 Å². The molecule has 0 atom stereocenters. The van der Waals surface area contributed by atoms with Gasteiger partial charge >= 0.3 is 0 Å². The van der Waals surface area contributed by atoms with Gasteiger partial charge in [0.25, 0.3) is 0 Å². The van der Waals surface area contributed by atoms with Crippen molar-refractivity contribution in [1.29, 1.82) is 5.41 Å². The molecular weight excluding hydrogens is 162 g/mol. The number of hydrogen-bond donors (Lipinski definition) is 1. The first-order valence-corrected chi connectivity index (χ1v) is 4.15. The highest BCUT2D eigenvalue weighted by atomic mass is 15.0. The summed E-state index contributed by atoms with van der Waals surface area (Å²) in [5, 5.41) is 8.68. The third-order valence-corrected chi connectivity index (χ3v) is 2.13. The first-order chi connectivity index (χ1) is 6.18. The van der Waals surface area contributed by atoms with E-state index in [0.717, 1.165) is 10.9 Å². The predicted molar refractivity (Wildman–Crippen MR) is 51.3 cm³/mol. The molecule has 0 radical (unpaired) electrons. The van der Waals surface area contributed by atoms with Crippen molar-refractivity contribution in [2.24, 2.45) is 7.05 Å². The molecule has 3 heteroatoms. The zero-order valence-electron chi connectivity index (χ0n) is 7.70. The Kier molecular flexibility index (Phi) is 1.65. The van der Waals surface area contributed by atoms with Gasteiger partial charge in [-0.3, -0.25) is 5.41 Å². The molecule has 0 aliphatic rings. The van der Waals surface area contributed by atoms with Gasteiger partial charge in [-0.15, -0.1) is 0 Å². The van der Waals surface area contributed by atoms with Crippen LogP contribution in [0.5, 0.6) is 0 Å². The van der Waals surface area contributed by atoms with E-state index in [4.69, 9.17) is 5.41 Å². The van der Waals surface area contributed by atoms with Crippen LogP contribution >= 0.6 is 0 Å². The summed E-state index contributed by atoms with van der Waals surface area (Å²) in [4.78, 5) is 4.25. The molecular formula is C10H11N3. The van der Waals surface area contributed by atoms with Crippen LogP contribution in [0.2, 0.25) is 0 Å². The van der Waals surface area contributed by atoms with Gasteiger partial charge in [-0.05, 0) is 24.6 Å². The smallest absolute Gasteiger partial charge is 0.135 e. The molecule has 2 rings (SSSR count). The molecule has 66 valence electrons. The van der Waals surface area contributed by atoms with Crippen molar-refractivity contribution < 1.29 is 0 Å². The number of rotatable bonds is 0. The first kappa shape index (κ1) is 7.98. The largest absolute Gasteiger partial charge is 0.320 e. The molecule has 1 heterocycles. The molecule has 3 nitrogen and oxygen atoms in total. The molecule has 0 saturated heterocycles. The van der Waals surface area contributed by atoms with Gasteiger partial charge in [0.2, 0.25) is 0 Å². The van der Waals surface area contributed by atoms with Crippen LogP contribution in [0.1, 0.15) is 5.56 Å². The first-order valence-electron chi connectivity index (χ1n) is 4.15. The van der Waals surface area contributed by atoms with Crippen LogP contribution in [-0.4, -0.2) is 9.55 Å². The minimum absolute atomic E-state index is 0.505. The summed E-state index contributed by atoms with van der Waals surface area (Å²) < 4.78 is 1.71. The fourth-order valence-corrected chi connectivity index (χ4v) is 1.35. The molecule has 1 N–H and O–H groups in total. The second-order valence-corrected chi connectivity index (χ2v) is 3.22. The molecule has 0 unspecified atom stereocenters. The van der Waals surface area contributed by atoms with E-state index in [0.29, 0.717) is 5.49 Å². The van der Waals surface area contributed by atoms with Gasteiger partial charge in [0.15, 0.2) is 0 Å². The third kappa shape index (κ3) is 1.22. The van der Waals surface area contributed by atoms with Crippen LogP contribution in [0, 0.1) is 12.3 Å². The van der Waals surface area contributed by atoms with E-state index in [9.17, 15) is 0 Å². The number of hydrogen-bond acceptors (Lipinski definition) is 2. The van der Waals surface area contributed by atoms with Crippen LogP contribution in [0.4, 0.5) is 0 Å². The fourth-order valence-electron chi connectivity index (χ4n) is 1.35. The molecule has 0 aliphatic heterocycles. The second-order valence-electron chi connectivity index (χ2n) is 3.22. The van der Waals surface area contributed by atoms with E-state index in [2.05, 4.69) is 4.98 Å². The van der Waals surface area contributed by atoms with E-state index in [1.165, 1.54) is 5.56 Å². The lowest BCUT2D eigenvalue weighted by Crippen LogP contribution is -2.17. The maximum atomic E-state index is 7.78. The van der Waals surface area contributed by atoms with Crippen molar-refractivity contribution in [2.75, 3.05) is 0 Å². The molecule has 0 bridgehead atoms. The summed E-state index contributed by atoms with van der Waals surface area (Å²) >= 11 is 0. The van der Waals surface area contributed by atoms with Gasteiger partial charge in [0, 0.05) is 12.4 Å². The van der Waals surface area contributed by atoms with Crippen molar-refractivity contribution >= 4 is 10.9 Å². The lowest BCUT2D eigenvalue weighted by molar-refractivity contribution is 0.806. The number of benzene rings is 1. The number of fused-ring (bicyclic) bond motifs is 1. The lowest BCUT2D eigenvalue weighted by Gasteiger charge is -2.02. The van der Waals surface area contributed by atoms with Gasteiger partial charge in [0.05, 0.1) is 11.8 Å². The van der Waals surface area contributed by atoms with Crippen LogP contribution in [0.25, 0.3) is 10.9 Å². The average molecular weight is 173 g/mol. The van der Waals surface area contributed by atoms with Crippen LogP contribution in [-0.2, 0) is 7.05 Å². The zero-order valence-corrected chi connectivity index (χ0v) is 7.70. The number of aromatic nitrogens is 2. The predicted octanol–water partition coefficient (Wildman–Crippen LogP) is 1.36. The van der Waals surface area contributed by atoms with Crippen molar-refractivity contribution in [3.8, 4) is 0 Å². The minimum atomic E-state index is 0.505. The van der Waals surface area contributed by atoms with Crippen molar-refractivity contribution in [1.82, 2.24) is 9.55 Å². The zero-order chi connectivity index (χ0) is 9.42. The van der Waals surface area contributed by atoms with E-state index in [1.807, 2.05) is 32.2 Å². The fraction of sp³-hybridized carbons (Fsp3) is 0.200. The molecule has 0 fully saturated rings. The molecule has 13 heavy (non-hydrogen) atoms. The summed E-state index contributed by atoms with van der Waals surface area (Å²) in [6.45, 7) is 2.03. The Morgan fingerprint density at radius 1 is 1.38 bits per heavy atom. The van der Waals surface area contributed by atoms with Crippen LogP contribution in [0.3, 0.4) is 0 Å². The van der Waals surface area contributed by atoms with Crippen molar-refractivity contribution in [3.05, 3.63) is 35.6 Å². The summed E-state index contributed by atoms with van der Waals surface area (Å²) in [6.07, 6.45) is 1.67. The average Bonchev–Trinajstić information content (AvgIpc) is 2.12. The minimum Gasteiger partial charge on any atom is -0.320 e. The van der Waals surface area contributed by atoms with Gasteiger partial charge in [-0.2, -0.15) is 0 Å². The SMILES string of the molecule is Cc1ccc2c(=N)n(C)cnc2c1. The lowest BCUT2D eigenvalue weighted by atomic mass is 10.2.